The van der Waals surface area contributed by atoms with Crippen molar-refractivity contribution < 1.29 is 9.47 Å². The molecular formula is C15H30N2O2. The molecule has 0 radical (unpaired) electrons. The van der Waals surface area contributed by atoms with Crippen molar-refractivity contribution in [3.8, 4) is 0 Å². The number of nitrogens with one attached hydrogen (secondary N) is 1. The number of rotatable bonds is 5. The molecule has 0 amide bonds. The van der Waals surface area contributed by atoms with Gasteiger partial charge in [0.2, 0.25) is 0 Å². The van der Waals surface area contributed by atoms with E-state index in [4.69, 9.17) is 15.3 Å². The van der Waals surface area contributed by atoms with Crippen LogP contribution in [0.15, 0.2) is 0 Å². The molecule has 2 unspecified atom stereocenters. The van der Waals surface area contributed by atoms with Crippen LogP contribution in [0.5, 0.6) is 0 Å². The highest BCUT2D eigenvalue weighted by molar-refractivity contribution is 4.92. The Hall–Kier alpha value is -0.160. The van der Waals surface area contributed by atoms with Gasteiger partial charge in [0.15, 0.2) is 0 Å². The summed E-state index contributed by atoms with van der Waals surface area (Å²) in [5.41, 5.74) is 3.14. The smallest absolute Gasteiger partial charge is 0.0729 e. The molecule has 0 aromatic rings. The average Bonchev–Trinajstić information content (AvgIpc) is 2.40. The van der Waals surface area contributed by atoms with Crippen molar-refractivity contribution in [3.63, 3.8) is 0 Å². The van der Waals surface area contributed by atoms with Gasteiger partial charge in [-0.15, -0.1) is 0 Å². The first kappa shape index (κ1) is 15.2. The van der Waals surface area contributed by atoms with E-state index >= 15 is 0 Å². The molecule has 2 saturated heterocycles. The molecule has 2 aliphatic rings. The molecule has 2 atom stereocenters. The third kappa shape index (κ3) is 4.15. The van der Waals surface area contributed by atoms with Crippen LogP contribution < -0.4 is 11.3 Å². The minimum atomic E-state index is 0.0775. The van der Waals surface area contributed by atoms with Gasteiger partial charge in [-0.2, -0.15) is 0 Å². The lowest BCUT2D eigenvalue weighted by Crippen LogP contribution is -2.50. The van der Waals surface area contributed by atoms with Crippen molar-refractivity contribution in [2.24, 2.45) is 17.7 Å². The van der Waals surface area contributed by atoms with Crippen LogP contribution in [0.3, 0.4) is 0 Å². The van der Waals surface area contributed by atoms with E-state index < -0.39 is 0 Å². The summed E-state index contributed by atoms with van der Waals surface area (Å²) in [7, 11) is 0. The number of hydrogen-bond acceptors (Lipinski definition) is 4. The molecule has 2 fully saturated rings. The Morgan fingerprint density at radius 3 is 2.58 bits per heavy atom. The third-order valence-electron chi connectivity index (χ3n) is 4.77. The Kier molecular flexibility index (Phi) is 5.63. The summed E-state index contributed by atoms with van der Waals surface area (Å²) < 4.78 is 11.6. The monoisotopic (exact) mass is 270 g/mol. The number of hydrogen-bond donors (Lipinski definition) is 2. The zero-order valence-electron chi connectivity index (χ0n) is 12.5. The van der Waals surface area contributed by atoms with Crippen LogP contribution in [0.1, 0.15) is 52.4 Å². The van der Waals surface area contributed by atoms with E-state index in [-0.39, 0.29) is 5.60 Å². The predicted molar refractivity (Wildman–Crippen MR) is 76.6 cm³/mol. The molecule has 19 heavy (non-hydrogen) atoms. The van der Waals surface area contributed by atoms with Gasteiger partial charge in [-0.3, -0.25) is 11.3 Å². The van der Waals surface area contributed by atoms with Crippen LogP contribution in [0.25, 0.3) is 0 Å². The summed E-state index contributed by atoms with van der Waals surface area (Å²) in [4.78, 5) is 0. The van der Waals surface area contributed by atoms with E-state index in [1.54, 1.807) is 0 Å². The Balaban J connectivity index is 1.90. The SMILES string of the molecule is CC(C)CCC(NN)C1CCOC2(CCOCC2)C1. The van der Waals surface area contributed by atoms with Gasteiger partial charge in [-0.05, 0) is 50.4 Å². The number of ether oxygens (including phenoxy) is 2. The van der Waals surface area contributed by atoms with Gasteiger partial charge in [0, 0.05) is 25.9 Å². The molecule has 112 valence electrons. The van der Waals surface area contributed by atoms with Crippen molar-refractivity contribution in [2.75, 3.05) is 19.8 Å². The largest absolute Gasteiger partial charge is 0.381 e. The summed E-state index contributed by atoms with van der Waals surface area (Å²) in [5, 5.41) is 0. The summed E-state index contributed by atoms with van der Waals surface area (Å²) >= 11 is 0. The molecule has 2 aliphatic heterocycles. The fourth-order valence-electron chi connectivity index (χ4n) is 3.47. The van der Waals surface area contributed by atoms with Crippen LogP contribution in [-0.2, 0) is 9.47 Å². The molecule has 2 rings (SSSR count). The Bertz CT molecular complexity index is 259. The highest BCUT2D eigenvalue weighted by Crippen LogP contribution is 2.38. The molecule has 2 heterocycles. The second kappa shape index (κ2) is 7.02. The quantitative estimate of drug-likeness (QED) is 0.594. The van der Waals surface area contributed by atoms with Crippen LogP contribution in [0.4, 0.5) is 0 Å². The lowest BCUT2D eigenvalue weighted by molar-refractivity contribution is -0.150. The molecular weight excluding hydrogens is 240 g/mol. The maximum Gasteiger partial charge on any atom is 0.0729 e. The molecule has 4 nitrogen and oxygen atoms in total. The van der Waals surface area contributed by atoms with Crippen molar-refractivity contribution in [1.29, 1.82) is 0 Å². The molecule has 0 bridgehead atoms. The second-order valence-corrected chi connectivity index (χ2v) is 6.64. The minimum absolute atomic E-state index is 0.0775. The first-order chi connectivity index (χ1) is 9.15. The van der Waals surface area contributed by atoms with Crippen molar-refractivity contribution in [2.45, 2.75) is 64.0 Å². The maximum absolute atomic E-state index is 6.11. The van der Waals surface area contributed by atoms with Crippen LogP contribution in [-0.4, -0.2) is 31.5 Å². The Morgan fingerprint density at radius 2 is 1.95 bits per heavy atom. The third-order valence-corrected chi connectivity index (χ3v) is 4.77. The van der Waals surface area contributed by atoms with Crippen LogP contribution >= 0.6 is 0 Å². The zero-order valence-corrected chi connectivity index (χ0v) is 12.5. The standard InChI is InChI=1S/C15H30N2O2/c1-12(2)3-4-14(17-16)13-5-8-19-15(11-13)6-9-18-10-7-15/h12-14,17H,3-11,16H2,1-2H3. The lowest BCUT2D eigenvalue weighted by Gasteiger charge is -2.45. The van der Waals surface area contributed by atoms with E-state index in [1.807, 2.05) is 0 Å². The van der Waals surface area contributed by atoms with Gasteiger partial charge >= 0.3 is 0 Å². The molecule has 0 aromatic heterocycles. The number of hydrazine groups is 1. The summed E-state index contributed by atoms with van der Waals surface area (Å²) in [6.45, 7) is 7.12. The van der Waals surface area contributed by atoms with Gasteiger partial charge in [0.25, 0.3) is 0 Å². The van der Waals surface area contributed by atoms with Gasteiger partial charge in [0.1, 0.15) is 0 Å². The molecule has 3 N–H and O–H groups in total. The first-order valence-corrected chi connectivity index (χ1v) is 7.83. The van der Waals surface area contributed by atoms with Gasteiger partial charge < -0.3 is 9.47 Å². The molecule has 0 saturated carbocycles. The minimum Gasteiger partial charge on any atom is -0.381 e. The van der Waals surface area contributed by atoms with Gasteiger partial charge in [-0.1, -0.05) is 13.8 Å². The maximum atomic E-state index is 6.11. The first-order valence-electron chi connectivity index (χ1n) is 7.83. The van der Waals surface area contributed by atoms with Gasteiger partial charge in [0.05, 0.1) is 5.60 Å². The molecule has 1 spiro atoms. The molecule has 0 aliphatic carbocycles. The predicted octanol–water partition coefficient (Wildman–Crippen LogP) is 2.23. The van der Waals surface area contributed by atoms with E-state index in [2.05, 4.69) is 19.3 Å². The van der Waals surface area contributed by atoms with Crippen molar-refractivity contribution in [1.82, 2.24) is 5.43 Å². The van der Waals surface area contributed by atoms with E-state index in [0.717, 1.165) is 51.4 Å². The molecule has 0 aromatic carbocycles. The fraction of sp³-hybridized carbons (Fsp3) is 1.00. The zero-order chi connectivity index (χ0) is 13.7. The van der Waals surface area contributed by atoms with Gasteiger partial charge in [-0.25, -0.2) is 0 Å². The summed E-state index contributed by atoms with van der Waals surface area (Å²) in [6, 6.07) is 0.436. The Labute approximate surface area is 117 Å². The van der Waals surface area contributed by atoms with E-state index in [1.165, 1.54) is 12.8 Å². The van der Waals surface area contributed by atoms with Crippen LogP contribution in [0.2, 0.25) is 0 Å². The normalized spacial score (nSPS) is 28.7. The summed E-state index contributed by atoms with van der Waals surface area (Å²) in [5.74, 6) is 7.18. The van der Waals surface area contributed by atoms with E-state index in [0.29, 0.717) is 12.0 Å². The highest BCUT2D eigenvalue weighted by Gasteiger charge is 2.40. The summed E-state index contributed by atoms with van der Waals surface area (Å²) in [6.07, 6.45) is 6.78. The van der Waals surface area contributed by atoms with Crippen molar-refractivity contribution >= 4 is 0 Å². The lowest BCUT2D eigenvalue weighted by atomic mass is 9.76. The second-order valence-electron chi connectivity index (χ2n) is 6.64. The highest BCUT2D eigenvalue weighted by atomic mass is 16.5. The molecule has 4 heteroatoms. The fourth-order valence-corrected chi connectivity index (χ4v) is 3.47. The van der Waals surface area contributed by atoms with E-state index in [9.17, 15) is 0 Å². The Morgan fingerprint density at radius 1 is 1.21 bits per heavy atom. The van der Waals surface area contributed by atoms with Crippen molar-refractivity contribution in [3.05, 3.63) is 0 Å². The number of nitrogens with two attached hydrogens (primary N) is 1. The average molecular weight is 270 g/mol. The van der Waals surface area contributed by atoms with Crippen LogP contribution in [0, 0.1) is 11.8 Å². The topological polar surface area (TPSA) is 56.5 Å².